The molecule has 1 N–H and O–H groups in total. The second-order valence-corrected chi connectivity index (χ2v) is 6.93. The van der Waals surface area contributed by atoms with Crippen molar-refractivity contribution in [2.45, 2.75) is 9.83 Å². The molecule has 1 unspecified atom stereocenters. The maximum absolute atomic E-state index is 11.9. The molecular weight excluding hydrogens is 354 g/mol. The van der Waals surface area contributed by atoms with Crippen LogP contribution in [0.2, 0.25) is 5.02 Å². The molecule has 2 rings (SSSR count). The molecule has 21 heavy (non-hydrogen) atoms. The molecule has 0 aliphatic carbocycles. The van der Waals surface area contributed by atoms with E-state index in [1.807, 2.05) is 6.07 Å². The molecule has 1 aromatic heterocycles. The number of carbonyl (C=O) groups is 1. The number of alkyl halides is 3. The van der Waals surface area contributed by atoms with Crippen LogP contribution in [-0.4, -0.2) is 14.7 Å². The summed E-state index contributed by atoms with van der Waals surface area (Å²) in [6, 6.07) is 11.8. The van der Waals surface area contributed by atoms with Crippen molar-refractivity contribution in [2.24, 2.45) is 0 Å². The lowest BCUT2D eigenvalue weighted by atomic mass is 10.0. The van der Waals surface area contributed by atoms with Crippen molar-refractivity contribution in [2.75, 3.05) is 0 Å². The first kappa shape index (κ1) is 16.4. The van der Waals surface area contributed by atoms with Gasteiger partial charge in [-0.1, -0.05) is 64.6 Å². The van der Waals surface area contributed by atoms with E-state index >= 15 is 0 Å². The second-order valence-electron chi connectivity index (χ2n) is 4.21. The van der Waals surface area contributed by atoms with Gasteiger partial charge in [-0.25, -0.2) is 0 Å². The van der Waals surface area contributed by atoms with Gasteiger partial charge in [0.25, 0.3) is 9.70 Å². The Balaban J connectivity index is 2.36. The summed E-state index contributed by atoms with van der Waals surface area (Å²) in [7, 11) is 0. The molecule has 1 atom stereocenters. The van der Waals surface area contributed by atoms with Crippen LogP contribution in [0, 0.1) is 0 Å². The summed E-state index contributed by atoms with van der Waals surface area (Å²) in [5, 5.41) is 3.26. The maximum Gasteiger partial charge on any atom is 0.272 e. The molecule has 0 saturated carbocycles. The fraction of sp³-hybridized carbons (Fsp3) is 0.143. The van der Waals surface area contributed by atoms with E-state index in [4.69, 9.17) is 46.4 Å². The van der Waals surface area contributed by atoms with Crippen LogP contribution in [0.1, 0.15) is 17.3 Å². The van der Waals surface area contributed by atoms with Crippen LogP contribution >= 0.6 is 46.4 Å². The van der Waals surface area contributed by atoms with Crippen molar-refractivity contribution in [3.63, 3.8) is 0 Å². The highest BCUT2D eigenvalue weighted by atomic mass is 35.6. The molecule has 0 saturated heterocycles. The van der Waals surface area contributed by atoms with Gasteiger partial charge in [-0.05, 0) is 29.8 Å². The maximum atomic E-state index is 11.9. The summed E-state index contributed by atoms with van der Waals surface area (Å²) < 4.78 is -2.04. The average Bonchev–Trinajstić information content (AvgIpc) is 2.45. The number of carbonyl (C=O) groups excluding carboxylic acids is 1. The number of nitrogens with one attached hydrogen (secondary N) is 1. The third-order valence-corrected chi connectivity index (χ3v) is 3.49. The Bertz CT molecular complexity index is 611. The van der Waals surface area contributed by atoms with Gasteiger partial charge in [-0.2, -0.15) is 0 Å². The first-order chi connectivity index (χ1) is 9.88. The number of hydrogen-bond donors (Lipinski definition) is 1. The molecule has 0 spiro atoms. The number of halogens is 4. The summed E-state index contributed by atoms with van der Waals surface area (Å²) >= 11 is 22.7. The van der Waals surface area contributed by atoms with Gasteiger partial charge in [0.2, 0.25) is 0 Å². The van der Waals surface area contributed by atoms with E-state index in [1.165, 1.54) is 0 Å². The summed E-state index contributed by atoms with van der Waals surface area (Å²) in [6.45, 7) is 0. The normalized spacial score (nSPS) is 12.8. The lowest BCUT2D eigenvalue weighted by Gasteiger charge is -2.21. The first-order valence-corrected chi connectivity index (χ1v) is 7.43. The summed E-state index contributed by atoms with van der Waals surface area (Å²) in [5.41, 5.74) is 1.41. The smallest absolute Gasteiger partial charge is 0.272 e. The zero-order chi connectivity index (χ0) is 15.5. The lowest BCUT2D eigenvalue weighted by molar-refractivity contribution is -0.120. The number of benzene rings is 1. The molecule has 1 amide bonds. The summed E-state index contributed by atoms with van der Waals surface area (Å²) in [5.74, 6) is -0.724. The van der Waals surface area contributed by atoms with Crippen molar-refractivity contribution >= 4 is 52.3 Å². The Morgan fingerprint density at radius 3 is 2.29 bits per heavy atom. The molecule has 0 bridgehead atoms. The SMILES string of the molecule is O=C(NC(c1ccc(Cl)cc1)c1ccccn1)C(Cl)(Cl)Cl. The average molecular weight is 364 g/mol. The Hall–Kier alpha value is -1.000. The Morgan fingerprint density at radius 1 is 1.10 bits per heavy atom. The quantitative estimate of drug-likeness (QED) is 0.825. The minimum absolute atomic E-state index is 0.536. The Morgan fingerprint density at radius 2 is 1.76 bits per heavy atom. The van der Waals surface area contributed by atoms with E-state index in [0.29, 0.717) is 10.7 Å². The first-order valence-electron chi connectivity index (χ1n) is 5.92. The van der Waals surface area contributed by atoms with Gasteiger partial charge < -0.3 is 5.32 Å². The second kappa shape index (κ2) is 6.84. The number of pyridine rings is 1. The van der Waals surface area contributed by atoms with Crippen LogP contribution in [-0.2, 0) is 4.79 Å². The zero-order valence-electron chi connectivity index (χ0n) is 10.6. The van der Waals surface area contributed by atoms with Crippen LogP contribution in [0.25, 0.3) is 0 Å². The molecular formula is C14H10Cl4N2O. The Kier molecular flexibility index (Phi) is 5.33. The van der Waals surface area contributed by atoms with E-state index in [0.717, 1.165) is 5.56 Å². The van der Waals surface area contributed by atoms with E-state index < -0.39 is 15.7 Å². The van der Waals surface area contributed by atoms with Gasteiger partial charge in [0.05, 0.1) is 11.7 Å². The highest BCUT2D eigenvalue weighted by Crippen LogP contribution is 2.29. The van der Waals surface area contributed by atoms with Gasteiger partial charge in [0.15, 0.2) is 0 Å². The van der Waals surface area contributed by atoms with Gasteiger partial charge in [0, 0.05) is 11.2 Å². The van der Waals surface area contributed by atoms with Crippen molar-refractivity contribution < 1.29 is 4.79 Å². The van der Waals surface area contributed by atoms with Crippen LogP contribution in [0.15, 0.2) is 48.7 Å². The van der Waals surface area contributed by atoms with E-state index in [9.17, 15) is 4.79 Å². The number of rotatable bonds is 3. The molecule has 0 radical (unpaired) electrons. The summed E-state index contributed by atoms with van der Waals surface area (Å²) in [6.07, 6.45) is 1.62. The standard InChI is InChI=1S/C14H10Cl4N2O/c15-10-6-4-9(5-7-10)12(11-3-1-2-8-19-11)20-13(21)14(16,17)18/h1-8,12H,(H,20,21). The lowest BCUT2D eigenvalue weighted by Crippen LogP contribution is -2.38. The molecule has 0 fully saturated rings. The minimum atomic E-state index is -2.04. The van der Waals surface area contributed by atoms with Crippen LogP contribution in [0.3, 0.4) is 0 Å². The van der Waals surface area contributed by atoms with Crippen molar-refractivity contribution in [1.29, 1.82) is 0 Å². The number of hydrogen-bond acceptors (Lipinski definition) is 2. The van der Waals surface area contributed by atoms with E-state index in [-0.39, 0.29) is 0 Å². The molecule has 1 heterocycles. The number of aromatic nitrogens is 1. The third kappa shape index (κ3) is 4.48. The fourth-order valence-corrected chi connectivity index (χ4v) is 2.03. The minimum Gasteiger partial charge on any atom is -0.340 e. The van der Waals surface area contributed by atoms with Crippen molar-refractivity contribution in [1.82, 2.24) is 10.3 Å². The van der Waals surface area contributed by atoms with E-state index in [2.05, 4.69) is 10.3 Å². The third-order valence-electron chi connectivity index (χ3n) is 2.72. The largest absolute Gasteiger partial charge is 0.340 e. The Labute approximate surface area is 142 Å². The van der Waals surface area contributed by atoms with Gasteiger partial charge >= 0.3 is 0 Å². The topological polar surface area (TPSA) is 42.0 Å². The highest BCUT2D eigenvalue weighted by molar-refractivity contribution is 6.76. The monoisotopic (exact) mass is 362 g/mol. The fourth-order valence-electron chi connectivity index (χ4n) is 1.74. The molecule has 110 valence electrons. The molecule has 2 aromatic rings. The molecule has 0 aliphatic heterocycles. The van der Waals surface area contributed by atoms with Crippen LogP contribution in [0.5, 0.6) is 0 Å². The van der Waals surface area contributed by atoms with Gasteiger partial charge in [-0.15, -0.1) is 0 Å². The van der Waals surface area contributed by atoms with Crippen molar-refractivity contribution in [3.05, 3.63) is 64.9 Å². The molecule has 3 nitrogen and oxygen atoms in total. The van der Waals surface area contributed by atoms with E-state index in [1.54, 1.807) is 42.6 Å². The molecule has 0 aliphatic rings. The molecule has 7 heteroatoms. The van der Waals surface area contributed by atoms with Gasteiger partial charge in [-0.3, -0.25) is 9.78 Å². The number of amides is 1. The van der Waals surface area contributed by atoms with Crippen molar-refractivity contribution in [3.8, 4) is 0 Å². The predicted octanol–water partition coefficient (Wildman–Crippen LogP) is 4.31. The van der Waals surface area contributed by atoms with Gasteiger partial charge in [0.1, 0.15) is 0 Å². The van der Waals surface area contributed by atoms with Crippen LogP contribution < -0.4 is 5.32 Å². The predicted molar refractivity (Wildman–Crippen MR) is 86.0 cm³/mol. The van der Waals surface area contributed by atoms with Crippen LogP contribution in [0.4, 0.5) is 0 Å². The molecule has 1 aromatic carbocycles. The number of nitrogens with zero attached hydrogens (tertiary/aromatic N) is 1. The zero-order valence-corrected chi connectivity index (χ0v) is 13.6. The highest BCUT2D eigenvalue weighted by Gasteiger charge is 2.33. The summed E-state index contributed by atoms with van der Waals surface area (Å²) in [4.78, 5) is 16.2.